The summed E-state index contributed by atoms with van der Waals surface area (Å²) in [5.41, 5.74) is 2.63. The summed E-state index contributed by atoms with van der Waals surface area (Å²) in [6.07, 6.45) is 1.88. The topological polar surface area (TPSA) is 17.2 Å². The molecule has 0 saturated heterocycles. The van der Waals surface area contributed by atoms with Gasteiger partial charge in [0.2, 0.25) is 0 Å². The van der Waals surface area contributed by atoms with E-state index >= 15 is 0 Å². The molecular formula is C23H20GeN2. The van der Waals surface area contributed by atoms with Gasteiger partial charge in [-0.2, -0.15) is 0 Å². The Morgan fingerprint density at radius 3 is 2.38 bits per heavy atom. The van der Waals surface area contributed by atoms with Gasteiger partial charge in [0.1, 0.15) is 0 Å². The molecular weight excluding hydrogens is 377 g/mol. The van der Waals surface area contributed by atoms with E-state index in [9.17, 15) is 0 Å². The number of aromatic nitrogens is 1. The average molecular weight is 397 g/mol. The first-order chi connectivity index (χ1) is 12.5. The monoisotopic (exact) mass is 398 g/mol. The number of nitrogens with zero attached hydrogens (tertiary/aromatic N) is 2. The minimum atomic E-state index is -1.87. The van der Waals surface area contributed by atoms with Gasteiger partial charge in [0.15, 0.2) is 0 Å². The van der Waals surface area contributed by atoms with Crippen molar-refractivity contribution in [1.82, 2.24) is 4.98 Å². The first kappa shape index (κ1) is 16.8. The Hall–Kier alpha value is -2.64. The van der Waals surface area contributed by atoms with Gasteiger partial charge in [0, 0.05) is 0 Å². The van der Waals surface area contributed by atoms with Gasteiger partial charge in [-0.25, -0.2) is 0 Å². The van der Waals surface area contributed by atoms with Gasteiger partial charge in [-0.3, -0.25) is 0 Å². The van der Waals surface area contributed by atoms with Crippen molar-refractivity contribution >= 4 is 44.9 Å². The van der Waals surface area contributed by atoms with E-state index < -0.39 is 13.3 Å². The van der Waals surface area contributed by atoms with Crippen molar-refractivity contribution < 1.29 is 0 Å². The Morgan fingerprint density at radius 1 is 0.846 bits per heavy atom. The van der Waals surface area contributed by atoms with Crippen LogP contribution in [0.25, 0.3) is 37.6 Å². The van der Waals surface area contributed by atoms with Crippen LogP contribution in [-0.2, 0) is 0 Å². The molecule has 0 bridgehead atoms. The Kier molecular flexibility index (Phi) is 4.05. The average Bonchev–Trinajstić information content (AvgIpc) is 2.65. The molecule has 3 aromatic carbocycles. The maximum atomic E-state index is 7.56. The number of benzene rings is 3. The standard InChI is InChI=1S/C23H20GeN2/c1-24(2,3)19-9-10-21-17(14-19)11-12-26-23(21)18-13-16-7-5-6-8-20(16)22(15-18)25-4/h5-15H,1-3H3. The molecule has 0 spiro atoms. The summed E-state index contributed by atoms with van der Waals surface area (Å²) in [6.45, 7) is 7.56. The van der Waals surface area contributed by atoms with Crippen LogP contribution in [0.15, 0.2) is 66.9 Å². The van der Waals surface area contributed by atoms with E-state index in [1.54, 1.807) is 0 Å². The quantitative estimate of drug-likeness (QED) is 0.293. The van der Waals surface area contributed by atoms with Gasteiger partial charge in [-0.1, -0.05) is 0 Å². The number of pyridine rings is 1. The molecule has 0 aliphatic heterocycles. The van der Waals surface area contributed by atoms with Crippen LogP contribution in [0, 0.1) is 6.57 Å². The van der Waals surface area contributed by atoms with Crippen molar-refractivity contribution in [3.05, 3.63) is 78.3 Å². The van der Waals surface area contributed by atoms with Crippen LogP contribution in [-0.4, -0.2) is 18.3 Å². The van der Waals surface area contributed by atoms with Gasteiger partial charge < -0.3 is 0 Å². The van der Waals surface area contributed by atoms with Crippen molar-refractivity contribution in [3.63, 3.8) is 0 Å². The predicted octanol–water partition coefficient (Wildman–Crippen LogP) is 6.15. The molecule has 126 valence electrons. The molecule has 0 amide bonds. The second-order valence-corrected chi connectivity index (χ2v) is 18.3. The van der Waals surface area contributed by atoms with Crippen LogP contribution < -0.4 is 4.40 Å². The van der Waals surface area contributed by atoms with Crippen LogP contribution in [0.3, 0.4) is 0 Å². The summed E-state index contributed by atoms with van der Waals surface area (Å²) in [5, 5.41) is 4.45. The van der Waals surface area contributed by atoms with E-state index in [0.29, 0.717) is 5.69 Å². The third-order valence-electron chi connectivity index (χ3n) is 4.86. The molecule has 0 aliphatic rings. The van der Waals surface area contributed by atoms with Crippen molar-refractivity contribution in [2.45, 2.75) is 17.3 Å². The molecule has 0 fully saturated rings. The van der Waals surface area contributed by atoms with E-state index in [0.717, 1.165) is 27.4 Å². The molecule has 26 heavy (non-hydrogen) atoms. The van der Waals surface area contributed by atoms with Crippen molar-refractivity contribution in [3.8, 4) is 11.3 Å². The molecule has 0 aliphatic carbocycles. The fourth-order valence-corrected chi connectivity index (χ4v) is 5.85. The van der Waals surface area contributed by atoms with Crippen molar-refractivity contribution in [1.29, 1.82) is 0 Å². The molecule has 0 N–H and O–H groups in total. The number of fused-ring (bicyclic) bond motifs is 2. The van der Waals surface area contributed by atoms with Crippen LogP contribution in [0.4, 0.5) is 5.69 Å². The molecule has 0 radical (unpaired) electrons. The zero-order valence-corrected chi connectivity index (χ0v) is 17.3. The molecule has 1 heterocycles. The van der Waals surface area contributed by atoms with Crippen molar-refractivity contribution in [2.24, 2.45) is 0 Å². The van der Waals surface area contributed by atoms with Crippen LogP contribution in [0.2, 0.25) is 17.3 Å². The number of rotatable bonds is 2. The number of hydrogen-bond donors (Lipinski definition) is 0. The minimum absolute atomic E-state index is 0.679. The first-order valence-corrected chi connectivity index (χ1v) is 16.1. The SMILES string of the molecule is [C-]#[N+]c1cc(-c2nccc3c[c]([Ge]([CH3])([CH3])[CH3])ccc23)cc2ccccc12. The molecule has 0 unspecified atom stereocenters. The fraction of sp³-hybridized carbons (Fsp3) is 0.130. The molecule has 0 atom stereocenters. The fourth-order valence-electron chi connectivity index (χ4n) is 3.39. The summed E-state index contributed by atoms with van der Waals surface area (Å²) in [5.74, 6) is 7.23. The summed E-state index contributed by atoms with van der Waals surface area (Å²) >= 11 is -1.87. The Morgan fingerprint density at radius 2 is 1.62 bits per heavy atom. The van der Waals surface area contributed by atoms with E-state index in [1.165, 1.54) is 9.78 Å². The zero-order chi connectivity index (χ0) is 18.3. The second kappa shape index (κ2) is 6.26. The van der Waals surface area contributed by atoms with Gasteiger partial charge in [0.25, 0.3) is 0 Å². The molecule has 0 saturated carbocycles. The summed E-state index contributed by atoms with van der Waals surface area (Å²) in [7, 11) is 0. The van der Waals surface area contributed by atoms with Gasteiger partial charge in [-0.15, -0.1) is 0 Å². The normalized spacial score (nSPS) is 11.6. The van der Waals surface area contributed by atoms with E-state index in [4.69, 9.17) is 6.57 Å². The summed E-state index contributed by atoms with van der Waals surface area (Å²) in [6, 6.07) is 21.1. The molecule has 3 heteroatoms. The maximum absolute atomic E-state index is 7.56. The predicted molar refractivity (Wildman–Crippen MR) is 114 cm³/mol. The van der Waals surface area contributed by atoms with E-state index in [2.05, 4.69) is 63.5 Å². The zero-order valence-electron chi connectivity index (χ0n) is 15.2. The van der Waals surface area contributed by atoms with Crippen molar-refractivity contribution in [2.75, 3.05) is 0 Å². The molecule has 4 rings (SSSR count). The molecule has 4 aromatic rings. The molecule has 1 aromatic heterocycles. The third kappa shape index (κ3) is 2.89. The van der Waals surface area contributed by atoms with Crippen LogP contribution >= 0.6 is 0 Å². The van der Waals surface area contributed by atoms with Gasteiger partial charge >= 0.3 is 157 Å². The summed E-state index contributed by atoms with van der Waals surface area (Å²) in [4.78, 5) is 8.40. The first-order valence-electron chi connectivity index (χ1n) is 8.77. The van der Waals surface area contributed by atoms with Crippen LogP contribution in [0.5, 0.6) is 0 Å². The van der Waals surface area contributed by atoms with E-state index in [-0.39, 0.29) is 0 Å². The Balaban J connectivity index is 1.98. The van der Waals surface area contributed by atoms with Crippen LogP contribution in [0.1, 0.15) is 0 Å². The second-order valence-electron chi connectivity index (χ2n) is 7.67. The van der Waals surface area contributed by atoms with Gasteiger partial charge in [0.05, 0.1) is 0 Å². The van der Waals surface area contributed by atoms with E-state index in [1.807, 2.05) is 30.5 Å². The molecule has 2 nitrogen and oxygen atoms in total. The third-order valence-corrected chi connectivity index (χ3v) is 9.15. The Bertz CT molecular complexity index is 1180. The number of hydrogen-bond acceptors (Lipinski definition) is 1. The summed E-state index contributed by atoms with van der Waals surface area (Å²) < 4.78 is 1.50. The Labute approximate surface area is 156 Å². The van der Waals surface area contributed by atoms with Gasteiger partial charge in [-0.05, 0) is 0 Å².